The highest BCUT2D eigenvalue weighted by Gasteiger charge is 2.58. The van der Waals surface area contributed by atoms with Crippen molar-refractivity contribution in [3.8, 4) is 0 Å². The summed E-state index contributed by atoms with van der Waals surface area (Å²) in [6.45, 7) is 10.3. The lowest BCUT2D eigenvalue weighted by Crippen LogP contribution is -2.69. The summed E-state index contributed by atoms with van der Waals surface area (Å²) in [5.41, 5.74) is 1.65. The van der Waals surface area contributed by atoms with Crippen LogP contribution in [0.15, 0.2) is 30.3 Å². The molecule has 4 atom stereocenters. The van der Waals surface area contributed by atoms with E-state index < -0.39 is 0 Å². The molecular formula is C19H29NO. The molecule has 1 aromatic rings. The van der Waals surface area contributed by atoms with Gasteiger partial charge in [0, 0.05) is 30.0 Å². The maximum Gasteiger partial charge on any atom is 0.0684 e. The Morgan fingerprint density at radius 2 is 1.90 bits per heavy atom. The molecule has 2 heteroatoms. The van der Waals surface area contributed by atoms with Crippen LogP contribution in [0.2, 0.25) is 0 Å². The number of benzene rings is 1. The summed E-state index contributed by atoms with van der Waals surface area (Å²) in [6, 6.07) is 11.9. The monoisotopic (exact) mass is 287 g/mol. The Bertz CT molecular complexity index is 468. The number of rotatable bonds is 4. The van der Waals surface area contributed by atoms with Gasteiger partial charge in [0.1, 0.15) is 0 Å². The average molecular weight is 287 g/mol. The van der Waals surface area contributed by atoms with Crippen LogP contribution in [0, 0.1) is 17.3 Å². The van der Waals surface area contributed by atoms with E-state index >= 15 is 0 Å². The van der Waals surface area contributed by atoms with E-state index in [2.05, 4.69) is 63.3 Å². The van der Waals surface area contributed by atoms with Crippen molar-refractivity contribution in [1.82, 2.24) is 5.32 Å². The van der Waals surface area contributed by atoms with E-state index in [1.54, 1.807) is 0 Å². The van der Waals surface area contributed by atoms with E-state index in [0.717, 1.165) is 6.61 Å². The number of fused-ring (bicyclic) bond motifs is 1. The molecule has 1 aromatic carbocycles. The van der Waals surface area contributed by atoms with E-state index in [1.807, 2.05) is 0 Å². The maximum absolute atomic E-state index is 6.03. The van der Waals surface area contributed by atoms with Crippen molar-refractivity contribution in [2.75, 3.05) is 6.61 Å². The summed E-state index contributed by atoms with van der Waals surface area (Å²) in [6.07, 6.45) is 2.98. The second kappa shape index (κ2) is 5.73. The first kappa shape index (κ1) is 15.1. The minimum Gasteiger partial charge on any atom is -0.377 e. The van der Waals surface area contributed by atoms with Crippen molar-refractivity contribution in [2.45, 2.75) is 58.7 Å². The van der Waals surface area contributed by atoms with Crippen LogP contribution in [0.1, 0.15) is 52.1 Å². The number of ether oxygens (including phenoxy) is 1. The highest BCUT2D eigenvalue weighted by molar-refractivity contribution is 5.21. The van der Waals surface area contributed by atoms with Crippen molar-refractivity contribution in [3.05, 3.63) is 35.9 Å². The zero-order valence-corrected chi connectivity index (χ0v) is 13.8. The summed E-state index contributed by atoms with van der Waals surface area (Å²) in [4.78, 5) is 0. The van der Waals surface area contributed by atoms with Gasteiger partial charge in [-0.2, -0.15) is 0 Å². The summed E-state index contributed by atoms with van der Waals surface area (Å²) >= 11 is 0. The first-order chi connectivity index (χ1) is 10.0. The Labute approximate surface area is 129 Å². The van der Waals surface area contributed by atoms with Crippen LogP contribution in [-0.2, 0) is 4.74 Å². The standard InChI is InChI=1S/C19H29NO/c1-13(2)16(14-9-6-5-7-10-14)20-17-15-11-8-12-21-18(15)19(17,3)4/h5-7,9-10,13,15-18,20H,8,11-12H2,1-4H3. The molecule has 0 aromatic heterocycles. The molecule has 21 heavy (non-hydrogen) atoms. The van der Waals surface area contributed by atoms with Gasteiger partial charge in [0.2, 0.25) is 0 Å². The molecule has 1 saturated heterocycles. The van der Waals surface area contributed by atoms with Gasteiger partial charge in [-0.15, -0.1) is 0 Å². The summed E-state index contributed by atoms with van der Waals surface area (Å²) in [5, 5.41) is 3.98. The number of hydrogen-bond acceptors (Lipinski definition) is 2. The third-order valence-corrected chi connectivity index (χ3v) is 5.52. The van der Waals surface area contributed by atoms with Crippen molar-refractivity contribution in [3.63, 3.8) is 0 Å². The van der Waals surface area contributed by atoms with Gasteiger partial charge in [-0.1, -0.05) is 58.0 Å². The van der Waals surface area contributed by atoms with Crippen LogP contribution >= 0.6 is 0 Å². The SMILES string of the molecule is CC(C)C(NC1C2CCCOC2C1(C)C)c1ccccc1. The van der Waals surface area contributed by atoms with Crippen LogP contribution in [0.25, 0.3) is 0 Å². The lowest BCUT2D eigenvalue weighted by atomic mass is 9.55. The van der Waals surface area contributed by atoms with Crippen molar-refractivity contribution in [2.24, 2.45) is 17.3 Å². The highest BCUT2D eigenvalue weighted by Crippen LogP contribution is 2.52. The highest BCUT2D eigenvalue weighted by atomic mass is 16.5. The Hall–Kier alpha value is -0.860. The molecule has 0 spiro atoms. The van der Waals surface area contributed by atoms with Crippen LogP contribution in [0.5, 0.6) is 0 Å². The van der Waals surface area contributed by atoms with Crippen LogP contribution in [-0.4, -0.2) is 18.8 Å². The van der Waals surface area contributed by atoms with E-state index in [9.17, 15) is 0 Å². The van der Waals surface area contributed by atoms with E-state index in [-0.39, 0.29) is 5.41 Å². The zero-order valence-electron chi connectivity index (χ0n) is 13.8. The Kier molecular flexibility index (Phi) is 4.11. The third-order valence-electron chi connectivity index (χ3n) is 5.52. The maximum atomic E-state index is 6.03. The fourth-order valence-corrected chi connectivity index (χ4v) is 4.39. The average Bonchev–Trinajstić information content (AvgIpc) is 2.48. The molecular weight excluding hydrogens is 258 g/mol. The molecule has 0 bridgehead atoms. The van der Waals surface area contributed by atoms with Gasteiger partial charge in [-0.25, -0.2) is 0 Å². The van der Waals surface area contributed by atoms with Gasteiger partial charge in [-0.3, -0.25) is 0 Å². The second-order valence-electron chi connectivity index (χ2n) is 7.70. The lowest BCUT2D eigenvalue weighted by Gasteiger charge is -2.61. The van der Waals surface area contributed by atoms with Crippen LogP contribution < -0.4 is 5.32 Å². The fraction of sp³-hybridized carbons (Fsp3) is 0.684. The van der Waals surface area contributed by atoms with Gasteiger partial charge < -0.3 is 10.1 Å². The predicted octanol–water partition coefficient (Wildman–Crippen LogP) is 4.18. The summed E-state index contributed by atoms with van der Waals surface area (Å²) in [7, 11) is 0. The van der Waals surface area contributed by atoms with Crippen molar-refractivity contribution >= 4 is 0 Å². The lowest BCUT2D eigenvalue weighted by molar-refractivity contribution is -0.195. The largest absolute Gasteiger partial charge is 0.377 e. The normalized spacial score (nSPS) is 32.3. The first-order valence-electron chi connectivity index (χ1n) is 8.44. The van der Waals surface area contributed by atoms with E-state index in [4.69, 9.17) is 4.74 Å². The molecule has 4 unspecified atom stereocenters. The number of nitrogens with one attached hydrogen (secondary N) is 1. The van der Waals surface area contributed by atoms with Crippen LogP contribution in [0.4, 0.5) is 0 Å². The Balaban J connectivity index is 1.77. The van der Waals surface area contributed by atoms with Crippen LogP contribution in [0.3, 0.4) is 0 Å². The topological polar surface area (TPSA) is 21.3 Å². The molecule has 1 saturated carbocycles. The van der Waals surface area contributed by atoms with Gasteiger partial charge in [0.05, 0.1) is 6.10 Å². The van der Waals surface area contributed by atoms with E-state index in [0.29, 0.717) is 30.0 Å². The summed E-state index contributed by atoms with van der Waals surface area (Å²) < 4.78 is 6.03. The second-order valence-corrected chi connectivity index (χ2v) is 7.70. The molecule has 1 N–H and O–H groups in total. The number of hydrogen-bond donors (Lipinski definition) is 1. The van der Waals surface area contributed by atoms with Crippen molar-refractivity contribution in [1.29, 1.82) is 0 Å². The molecule has 2 fully saturated rings. The van der Waals surface area contributed by atoms with Gasteiger partial charge in [0.25, 0.3) is 0 Å². The molecule has 0 amide bonds. The van der Waals surface area contributed by atoms with E-state index in [1.165, 1.54) is 18.4 Å². The predicted molar refractivity (Wildman–Crippen MR) is 87.2 cm³/mol. The molecule has 116 valence electrons. The molecule has 1 aliphatic carbocycles. The smallest absolute Gasteiger partial charge is 0.0684 e. The molecule has 1 heterocycles. The zero-order chi connectivity index (χ0) is 15.0. The fourth-order valence-electron chi connectivity index (χ4n) is 4.39. The minimum absolute atomic E-state index is 0.243. The molecule has 2 nitrogen and oxygen atoms in total. The minimum atomic E-state index is 0.243. The quantitative estimate of drug-likeness (QED) is 0.897. The van der Waals surface area contributed by atoms with Crippen molar-refractivity contribution < 1.29 is 4.74 Å². The van der Waals surface area contributed by atoms with Gasteiger partial charge in [-0.05, 0) is 24.3 Å². The molecule has 0 radical (unpaired) electrons. The Morgan fingerprint density at radius 3 is 2.57 bits per heavy atom. The summed E-state index contributed by atoms with van der Waals surface area (Å²) in [5.74, 6) is 1.28. The molecule has 2 aliphatic rings. The van der Waals surface area contributed by atoms with Gasteiger partial charge in [0.15, 0.2) is 0 Å². The third kappa shape index (κ3) is 2.64. The first-order valence-corrected chi connectivity index (χ1v) is 8.44. The molecule has 1 aliphatic heterocycles. The van der Waals surface area contributed by atoms with Gasteiger partial charge >= 0.3 is 0 Å². The Morgan fingerprint density at radius 1 is 1.19 bits per heavy atom. The molecule has 3 rings (SSSR count).